The normalized spacial score (nSPS) is 22.2. The van der Waals surface area contributed by atoms with Gasteiger partial charge in [0.1, 0.15) is 11.4 Å². The Morgan fingerprint density at radius 3 is 2.89 bits per heavy atom. The zero-order chi connectivity index (χ0) is 14.0. The monoisotopic (exact) mass is 267 g/mol. The highest BCUT2D eigenvalue weighted by atomic mass is 19.1. The highest BCUT2D eigenvalue weighted by Crippen LogP contribution is 2.21. The number of nitrogens with zero attached hydrogens (tertiary/aromatic N) is 1. The van der Waals surface area contributed by atoms with Gasteiger partial charge in [0.15, 0.2) is 0 Å². The maximum Gasteiger partial charge on any atom is 0.282 e. The first-order valence-electron chi connectivity index (χ1n) is 5.88. The zero-order valence-corrected chi connectivity index (χ0v) is 10.4. The lowest BCUT2D eigenvalue weighted by atomic mass is 10.0. The fraction of sp³-hybridized carbons (Fsp3) is 0.417. The van der Waals surface area contributed by atoms with Crippen LogP contribution in [0, 0.1) is 15.9 Å². The van der Waals surface area contributed by atoms with Crippen molar-refractivity contribution in [2.24, 2.45) is 0 Å². The Kier molecular flexibility index (Phi) is 3.48. The van der Waals surface area contributed by atoms with E-state index < -0.39 is 27.9 Å². The Bertz CT molecular complexity index is 527. The number of nitrogens with one attached hydrogen (secondary N) is 2. The van der Waals surface area contributed by atoms with Crippen molar-refractivity contribution >= 4 is 11.6 Å². The fourth-order valence-electron chi connectivity index (χ4n) is 2.11. The molecule has 1 aliphatic heterocycles. The Morgan fingerprint density at radius 1 is 1.58 bits per heavy atom. The van der Waals surface area contributed by atoms with Gasteiger partial charge in [0.2, 0.25) is 0 Å². The molecular weight excluding hydrogens is 253 g/mol. The Balaban J connectivity index is 2.27. The van der Waals surface area contributed by atoms with Gasteiger partial charge in [0.05, 0.1) is 10.5 Å². The van der Waals surface area contributed by atoms with Crippen LogP contribution in [0.2, 0.25) is 0 Å². The summed E-state index contributed by atoms with van der Waals surface area (Å²) in [6, 6.07) is 2.85. The molecule has 2 N–H and O–H groups in total. The molecule has 0 bridgehead atoms. The molecule has 0 saturated carbocycles. The minimum atomic E-state index is -0.691. The van der Waals surface area contributed by atoms with Crippen LogP contribution in [-0.2, 0) is 0 Å². The van der Waals surface area contributed by atoms with Gasteiger partial charge in [0.25, 0.3) is 11.6 Å². The molecular formula is C12H14FN3O3. The molecule has 1 heterocycles. The second-order valence-corrected chi connectivity index (χ2v) is 4.86. The van der Waals surface area contributed by atoms with Gasteiger partial charge < -0.3 is 10.6 Å². The predicted octanol–water partition coefficient (Wildman–Crippen LogP) is 1.22. The number of carbonyl (C=O) groups is 1. The predicted molar refractivity (Wildman–Crippen MR) is 66.4 cm³/mol. The van der Waals surface area contributed by atoms with Crippen LogP contribution in [0.5, 0.6) is 0 Å². The summed E-state index contributed by atoms with van der Waals surface area (Å²) in [6.07, 6.45) is 0.724. The van der Waals surface area contributed by atoms with Crippen molar-refractivity contribution in [2.45, 2.75) is 18.9 Å². The van der Waals surface area contributed by atoms with Crippen LogP contribution in [0.25, 0.3) is 0 Å². The van der Waals surface area contributed by atoms with Crippen molar-refractivity contribution in [2.75, 3.05) is 13.1 Å². The number of hydrogen-bond acceptors (Lipinski definition) is 4. The first-order valence-corrected chi connectivity index (χ1v) is 5.88. The third-order valence-corrected chi connectivity index (χ3v) is 3.18. The van der Waals surface area contributed by atoms with Crippen molar-refractivity contribution in [1.29, 1.82) is 0 Å². The van der Waals surface area contributed by atoms with Crippen molar-refractivity contribution in [3.05, 3.63) is 39.7 Å². The van der Waals surface area contributed by atoms with E-state index in [9.17, 15) is 19.3 Å². The lowest BCUT2D eigenvalue weighted by molar-refractivity contribution is -0.385. The minimum absolute atomic E-state index is 0.252. The van der Waals surface area contributed by atoms with Crippen LogP contribution in [0.3, 0.4) is 0 Å². The molecule has 2 rings (SSSR count). The number of amides is 1. The maximum absolute atomic E-state index is 13.2. The van der Waals surface area contributed by atoms with E-state index in [2.05, 4.69) is 10.6 Å². The average Bonchev–Trinajstić information content (AvgIpc) is 2.75. The number of halogens is 1. The van der Waals surface area contributed by atoms with Crippen molar-refractivity contribution in [1.82, 2.24) is 10.6 Å². The lowest BCUT2D eigenvalue weighted by Crippen LogP contribution is -2.47. The molecule has 6 nitrogen and oxygen atoms in total. The van der Waals surface area contributed by atoms with E-state index >= 15 is 0 Å². The van der Waals surface area contributed by atoms with E-state index in [4.69, 9.17) is 0 Å². The largest absolute Gasteiger partial charge is 0.345 e. The zero-order valence-electron chi connectivity index (χ0n) is 10.4. The fourth-order valence-corrected chi connectivity index (χ4v) is 2.11. The molecule has 1 aliphatic rings. The summed E-state index contributed by atoms with van der Waals surface area (Å²) in [5, 5.41) is 16.7. The third-order valence-electron chi connectivity index (χ3n) is 3.18. The van der Waals surface area contributed by atoms with Crippen LogP contribution >= 0.6 is 0 Å². The molecule has 1 aromatic rings. The second-order valence-electron chi connectivity index (χ2n) is 4.86. The van der Waals surface area contributed by atoms with Gasteiger partial charge in [-0.05, 0) is 32.0 Å². The van der Waals surface area contributed by atoms with E-state index in [0.717, 1.165) is 31.2 Å². The van der Waals surface area contributed by atoms with Crippen molar-refractivity contribution < 1.29 is 14.1 Å². The van der Waals surface area contributed by atoms with Gasteiger partial charge >= 0.3 is 0 Å². The molecule has 1 aromatic carbocycles. The molecule has 0 spiro atoms. The third kappa shape index (κ3) is 2.87. The molecule has 19 heavy (non-hydrogen) atoms. The minimum Gasteiger partial charge on any atom is -0.345 e. The SMILES string of the molecule is CC1(NC(=O)c2cc(F)ccc2[N+](=O)[O-])CCNC1. The summed E-state index contributed by atoms with van der Waals surface area (Å²) in [6.45, 7) is 3.19. The number of nitro benzene ring substituents is 1. The van der Waals surface area contributed by atoms with Crippen LogP contribution < -0.4 is 10.6 Å². The smallest absolute Gasteiger partial charge is 0.282 e. The summed E-state index contributed by atoms with van der Waals surface area (Å²) in [7, 11) is 0. The topological polar surface area (TPSA) is 84.3 Å². The maximum atomic E-state index is 13.2. The number of benzene rings is 1. The van der Waals surface area contributed by atoms with Crippen molar-refractivity contribution in [3.8, 4) is 0 Å². The first kappa shape index (κ1) is 13.4. The number of carbonyl (C=O) groups excluding carboxylic acids is 1. The molecule has 1 amide bonds. The summed E-state index contributed by atoms with van der Waals surface area (Å²) in [4.78, 5) is 22.2. The van der Waals surface area contributed by atoms with Gasteiger partial charge in [-0.25, -0.2) is 4.39 Å². The molecule has 0 aliphatic carbocycles. The molecule has 1 atom stereocenters. The van der Waals surface area contributed by atoms with E-state index in [1.165, 1.54) is 0 Å². The molecule has 7 heteroatoms. The van der Waals surface area contributed by atoms with Crippen LogP contribution in [0.4, 0.5) is 10.1 Å². The Labute approximate surface area is 109 Å². The standard InChI is InChI=1S/C12H14FN3O3/c1-12(4-5-14-7-12)15-11(17)9-6-8(13)2-3-10(9)16(18)19/h2-3,6,14H,4-5,7H2,1H3,(H,15,17). The summed E-state index contributed by atoms with van der Waals surface area (Å²) < 4.78 is 13.2. The molecule has 1 saturated heterocycles. The van der Waals surface area contributed by atoms with E-state index in [-0.39, 0.29) is 5.56 Å². The number of rotatable bonds is 3. The molecule has 1 fully saturated rings. The summed E-state index contributed by atoms with van der Waals surface area (Å²) in [5.74, 6) is -1.30. The highest BCUT2D eigenvalue weighted by Gasteiger charge is 2.32. The van der Waals surface area contributed by atoms with Gasteiger partial charge in [0, 0.05) is 12.6 Å². The summed E-state index contributed by atoms with van der Waals surface area (Å²) in [5.41, 5.74) is -1.11. The van der Waals surface area contributed by atoms with Crippen LogP contribution in [0.15, 0.2) is 18.2 Å². The van der Waals surface area contributed by atoms with Gasteiger partial charge in [-0.3, -0.25) is 14.9 Å². The molecule has 0 radical (unpaired) electrons. The van der Waals surface area contributed by atoms with Gasteiger partial charge in [-0.15, -0.1) is 0 Å². The summed E-state index contributed by atoms with van der Waals surface area (Å²) >= 11 is 0. The van der Waals surface area contributed by atoms with E-state index in [0.29, 0.717) is 6.54 Å². The van der Waals surface area contributed by atoms with E-state index in [1.807, 2.05) is 6.92 Å². The Morgan fingerprint density at radius 2 is 2.32 bits per heavy atom. The first-order chi connectivity index (χ1) is 8.91. The molecule has 102 valence electrons. The van der Waals surface area contributed by atoms with Crippen LogP contribution in [-0.4, -0.2) is 29.5 Å². The lowest BCUT2D eigenvalue weighted by Gasteiger charge is -2.24. The van der Waals surface area contributed by atoms with Crippen LogP contribution in [0.1, 0.15) is 23.7 Å². The Hall–Kier alpha value is -2.02. The van der Waals surface area contributed by atoms with Gasteiger partial charge in [-0.1, -0.05) is 0 Å². The second kappa shape index (κ2) is 4.93. The highest BCUT2D eigenvalue weighted by molar-refractivity contribution is 5.98. The van der Waals surface area contributed by atoms with Gasteiger partial charge in [-0.2, -0.15) is 0 Å². The molecule has 1 unspecified atom stereocenters. The average molecular weight is 267 g/mol. The number of nitro groups is 1. The molecule has 0 aromatic heterocycles. The van der Waals surface area contributed by atoms with Crippen molar-refractivity contribution in [3.63, 3.8) is 0 Å². The van der Waals surface area contributed by atoms with E-state index in [1.54, 1.807) is 0 Å². The quantitative estimate of drug-likeness (QED) is 0.637. The number of hydrogen-bond donors (Lipinski definition) is 2.